The fourth-order valence-electron chi connectivity index (χ4n) is 2.18. The molecule has 0 aliphatic heterocycles. The lowest BCUT2D eigenvalue weighted by atomic mass is 10.1. The molecular weight excluding hydrogens is 318 g/mol. The van der Waals surface area contributed by atoms with Crippen LogP contribution in [0, 0.1) is 0 Å². The van der Waals surface area contributed by atoms with Crippen LogP contribution in [0.4, 0.5) is 0 Å². The molecule has 0 aliphatic carbocycles. The van der Waals surface area contributed by atoms with Gasteiger partial charge in [0, 0.05) is 11.6 Å². The molecular formula is C16H14ClN3O3. The molecule has 2 aromatic heterocycles. The lowest BCUT2D eigenvalue weighted by Gasteiger charge is -2.05. The van der Waals surface area contributed by atoms with Crippen LogP contribution in [0.2, 0.25) is 5.15 Å². The Morgan fingerprint density at radius 2 is 2.17 bits per heavy atom. The highest BCUT2D eigenvalue weighted by atomic mass is 35.5. The molecule has 2 heterocycles. The Morgan fingerprint density at radius 1 is 1.35 bits per heavy atom. The van der Waals surface area contributed by atoms with Gasteiger partial charge in [0.05, 0.1) is 25.6 Å². The quantitative estimate of drug-likeness (QED) is 0.687. The van der Waals surface area contributed by atoms with Crippen molar-refractivity contribution in [1.29, 1.82) is 0 Å². The topological polar surface area (TPSA) is 65.7 Å². The van der Waals surface area contributed by atoms with Gasteiger partial charge in [-0.05, 0) is 19.1 Å². The first-order valence-corrected chi connectivity index (χ1v) is 7.37. The number of rotatable bonds is 4. The van der Waals surface area contributed by atoms with Crippen molar-refractivity contribution in [2.45, 2.75) is 6.92 Å². The number of fused-ring (bicyclic) bond motifs is 1. The second kappa shape index (κ2) is 6.26. The van der Waals surface area contributed by atoms with Crippen molar-refractivity contribution >= 4 is 23.1 Å². The summed E-state index contributed by atoms with van der Waals surface area (Å²) in [5.41, 5.74) is 2.20. The predicted molar refractivity (Wildman–Crippen MR) is 85.9 cm³/mol. The van der Waals surface area contributed by atoms with Gasteiger partial charge in [-0.15, -0.1) is 0 Å². The molecule has 3 rings (SSSR count). The third-order valence-electron chi connectivity index (χ3n) is 3.26. The van der Waals surface area contributed by atoms with E-state index in [-0.39, 0.29) is 17.5 Å². The number of carbonyl (C=O) groups excluding carboxylic acids is 1. The van der Waals surface area contributed by atoms with Crippen LogP contribution in [0.25, 0.3) is 16.8 Å². The van der Waals surface area contributed by atoms with Crippen LogP contribution in [-0.2, 0) is 4.74 Å². The second-order valence-electron chi connectivity index (χ2n) is 4.73. The van der Waals surface area contributed by atoms with Gasteiger partial charge in [0.1, 0.15) is 11.3 Å². The number of methoxy groups -OCH3 is 1. The van der Waals surface area contributed by atoms with Gasteiger partial charge in [-0.1, -0.05) is 23.7 Å². The van der Waals surface area contributed by atoms with Crippen LogP contribution in [-0.4, -0.2) is 34.3 Å². The number of hydrogen-bond donors (Lipinski definition) is 0. The molecule has 23 heavy (non-hydrogen) atoms. The predicted octanol–water partition coefficient (Wildman–Crippen LogP) is 3.24. The van der Waals surface area contributed by atoms with Gasteiger partial charge < -0.3 is 9.47 Å². The summed E-state index contributed by atoms with van der Waals surface area (Å²) in [5, 5.41) is 4.47. The standard InChI is InChI=1S/C16H14ClN3O3/c1-3-23-16(21)12-8-14-15(17)18-13(9-20(14)19-12)10-5-4-6-11(7-10)22-2/h4-9H,3H2,1-2H3. The van der Waals surface area contributed by atoms with Gasteiger partial charge in [-0.25, -0.2) is 14.3 Å². The minimum absolute atomic E-state index is 0.193. The third kappa shape index (κ3) is 2.98. The number of halogens is 1. The molecule has 7 heteroatoms. The van der Waals surface area contributed by atoms with Crippen molar-refractivity contribution in [2.75, 3.05) is 13.7 Å². The molecule has 0 fully saturated rings. The smallest absolute Gasteiger partial charge is 0.358 e. The first kappa shape index (κ1) is 15.3. The van der Waals surface area contributed by atoms with E-state index in [1.165, 1.54) is 4.52 Å². The number of nitrogens with zero attached hydrogens (tertiary/aromatic N) is 3. The lowest BCUT2D eigenvalue weighted by Crippen LogP contribution is -2.05. The van der Waals surface area contributed by atoms with Gasteiger partial charge >= 0.3 is 5.97 Å². The van der Waals surface area contributed by atoms with Crippen LogP contribution >= 0.6 is 11.6 Å². The van der Waals surface area contributed by atoms with Crippen molar-refractivity contribution < 1.29 is 14.3 Å². The molecule has 0 amide bonds. The van der Waals surface area contributed by atoms with Gasteiger partial charge in [0.15, 0.2) is 10.8 Å². The molecule has 0 saturated carbocycles. The maximum atomic E-state index is 11.8. The molecule has 3 aromatic rings. The Balaban J connectivity index is 2.08. The van der Waals surface area contributed by atoms with E-state index in [1.54, 1.807) is 26.3 Å². The summed E-state index contributed by atoms with van der Waals surface area (Å²) < 4.78 is 11.7. The summed E-state index contributed by atoms with van der Waals surface area (Å²) in [5.74, 6) is 0.225. The average molecular weight is 332 g/mol. The van der Waals surface area contributed by atoms with Gasteiger partial charge in [0.2, 0.25) is 0 Å². The number of aromatic nitrogens is 3. The largest absolute Gasteiger partial charge is 0.497 e. The van der Waals surface area contributed by atoms with Crippen molar-refractivity contribution in [3.63, 3.8) is 0 Å². The average Bonchev–Trinajstić information content (AvgIpc) is 3.00. The highest BCUT2D eigenvalue weighted by Gasteiger charge is 2.15. The van der Waals surface area contributed by atoms with Gasteiger partial charge in [-0.3, -0.25) is 0 Å². The molecule has 0 atom stereocenters. The Kier molecular flexibility index (Phi) is 4.16. The van der Waals surface area contributed by atoms with Crippen LogP contribution in [0.3, 0.4) is 0 Å². The molecule has 0 unspecified atom stereocenters. The molecule has 0 bridgehead atoms. The number of carbonyl (C=O) groups is 1. The van der Waals surface area contributed by atoms with Crippen molar-refractivity contribution in [1.82, 2.24) is 14.6 Å². The first-order valence-electron chi connectivity index (χ1n) is 7.00. The summed E-state index contributed by atoms with van der Waals surface area (Å²) in [6, 6.07) is 9.00. The van der Waals surface area contributed by atoms with E-state index >= 15 is 0 Å². The highest BCUT2D eigenvalue weighted by Crippen LogP contribution is 2.25. The molecule has 0 radical (unpaired) electrons. The zero-order valence-electron chi connectivity index (χ0n) is 12.6. The minimum Gasteiger partial charge on any atom is -0.497 e. The molecule has 1 aromatic carbocycles. The van der Waals surface area contributed by atoms with E-state index in [4.69, 9.17) is 21.1 Å². The van der Waals surface area contributed by atoms with E-state index in [0.29, 0.717) is 17.0 Å². The zero-order valence-corrected chi connectivity index (χ0v) is 13.4. The summed E-state index contributed by atoms with van der Waals surface area (Å²) in [7, 11) is 1.60. The second-order valence-corrected chi connectivity index (χ2v) is 5.09. The monoisotopic (exact) mass is 331 g/mol. The maximum absolute atomic E-state index is 11.8. The van der Waals surface area contributed by atoms with E-state index in [9.17, 15) is 4.79 Å². The summed E-state index contributed by atoms with van der Waals surface area (Å²) in [6.45, 7) is 2.02. The molecule has 0 N–H and O–H groups in total. The molecule has 0 aliphatic rings. The zero-order chi connectivity index (χ0) is 16.4. The number of esters is 1. The minimum atomic E-state index is -0.491. The first-order chi connectivity index (χ1) is 11.1. The summed E-state index contributed by atoms with van der Waals surface area (Å²) >= 11 is 6.23. The normalized spacial score (nSPS) is 10.7. The van der Waals surface area contributed by atoms with Gasteiger partial charge in [-0.2, -0.15) is 5.10 Å². The van der Waals surface area contributed by atoms with E-state index in [1.807, 2.05) is 24.3 Å². The number of ether oxygens (including phenoxy) is 2. The van der Waals surface area contributed by atoms with E-state index in [2.05, 4.69) is 10.1 Å². The molecule has 0 spiro atoms. The SMILES string of the molecule is CCOC(=O)c1cc2c(Cl)nc(-c3cccc(OC)c3)cn2n1. The Bertz CT molecular complexity index is 876. The molecule has 6 nitrogen and oxygen atoms in total. The van der Waals surface area contributed by atoms with Crippen molar-refractivity contribution in [3.05, 3.63) is 47.4 Å². The van der Waals surface area contributed by atoms with Gasteiger partial charge in [0.25, 0.3) is 0 Å². The fourth-order valence-corrected chi connectivity index (χ4v) is 2.41. The van der Waals surface area contributed by atoms with Crippen molar-refractivity contribution in [3.8, 4) is 17.0 Å². The summed E-state index contributed by atoms with van der Waals surface area (Å²) in [6.07, 6.45) is 1.71. The molecule has 0 saturated heterocycles. The third-order valence-corrected chi connectivity index (χ3v) is 3.54. The Hall–Kier alpha value is -2.60. The van der Waals surface area contributed by atoms with Crippen LogP contribution in [0.5, 0.6) is 5.75 Å². The number of hydrogen-bond acceptors (Lipinski definition) is 5. The van der Waals surface area contributed by atoms with Crippen LogP contribution < -0.4 is 4.74 Å². The van der Waals surface area contributed by atoms with Crippen LogP contribution in [0.1, 0.15) is 17.4 Å². The van der Waals surface area contributed by atoms with E-state index in [0.717, 1.165) is 5.56 Å². The van der Waals surface area contributed by atoms with Crippen LogP contribution in [0.15, 0.2) is 36.5 Å². The lowest BCUT2D eigenvalue weighted by molar-refractivity contribution is 0.0519. The highest BCUT2D eigenvalue weighted by molar-refractivity contribution is 6.32. The Morgan fingerprint density at radius 3 is 2.91 bits per heavy atom. The fraction of sp³-hybridized carbons (Fsp3) is 0.188. The molecule has 118 valence electrons. The maximum Gasteiger partial charge on any atom is 0.358 e. The summed E-state index contributed by atoms with van der Waals surface area (Å²) in [4.78, 5) is 16.1. The number of benzene rings is 1. The van der Waals surface area contributed by atoms with Crippen molar-refractivity contribution in [2.24, 2.45) is 0 Å². The van der Waals surface area contributed by atoms with E-state index < -0.39 is 5.97 Å². The Labute approximate surface area is 137 Å².